The van der Waals surface area contributed by atoms with E-state index in [1.807, 2.05) is 6.92 Å². The highest BCUT2D eigenvalue weighted by atomic mass is 35.5. The summed E-state index contributed by atoms with van der Waals surface area (Å²) in [5.41, 5.74) is 0.471. The number of sulfonamides is 1. The van der Waals surface area contributed by atoms with E-state index in [4.69, 9.17) is 16.3 Å². The molecule has 0 aliphatic carbocycles. The van der Waals surface area contributed by atoms with Crippen molar-refractivity contribution < 1.29 is 13.2 Å². The van der Waals surface area contributed by atoms with Crippen LogP contribution in [0.1, 0.15) is 13.3 Å². The lowest BCUT2D eigenvalue weighted by Gasteiger charge is -2.09. The van der Waals surface area contributed by atoms with Gasteiger partial charge in [0.2, 0.25) is 0 Å². The van der Waals surface area contributed by atoms with Crippen molar-refractivity contribution in [1.29, 1.82) is 0 Å². The summed E-state index contributed by atoms with van der Waals surface area (Å²) in [5, 5.41) is 0.376. The standard InChI is InChI=1S/C15H16ClNO3S/c1-2-10-20-14-8-6-13(7-9-14)17-21(18,19)15-5-3-4-12(16)11-15/h3-9,11,17H,2,10H2,1H3. The first-order chi connectivity index (χ1) is 10.0. The van der Waals surface area contributed by atoms with E-state index in [-0.39, 0.29) is 4.90 Å². The van der Waals surface area contributed by atoms with Gasteiger partial charge in [-0.3, -0.25) is 4.72 Å². The predicted octanol–water partition coefficient (Wildman–Crippen LogP) is 3.93. The van der Waals surface area contributed by atoms with Crippen molar-refractivity contribution in [1.82, 2.24) is 0 Å². The zero-order valence-corrected chi connectivity index (χ0v) is 13.1. The second kappa shape index (κ2) is 6.83. The Balaban J connectivity index is 2.13. The van der Waals surface area contributed by atoms with Crippen molar-refractivity contribution >= 4 is 27.3 Å². The van der Waals surface area contributed by atoms with Crippen molar-refractivity contribution in [2.45, 2.75) is 18.2 Å². The number of nitrogens with one attached hydrogen (secondary N) is 1. The molecule has 0 unspecified atom stereocenters. The molecule has 2 aromatic carbocycles. The Bertz CT molecular complexity index is 699. The minimum absolute atomic E-state index is 0.126. The van der Waals surface area contributed by atoms with Gasteiger partial charge in [-0.15, -0.1) is 0 Å². The summed E-state index contributed by atoms with van der Waals surface area (Å²) in [7, 11) is -3.64. The Kier molecular flexibility index (Phi) is 5.09. The molecular weight excluding hydrogens is 310 g/mol. The molecule has 0 aromatic heterocycles. The molecule has 0 saturated heterocycles. The average molecular weight is 326 g/mol. The van der Waals surface area contributed by atoms with Gasteiger partial charge < -0.3 is 4.74 Å². The number of anilines is 1. The first-order valence-electron chi connectivity index (χ1n) is 6.52. The number of rotatable bonds is 6. The van der Waals surface area contributed by atoms with Gasteiger partial charge in [-0.1, -0.05) is 24.6 Å². The maximum absolute atomic E-state index is 12.2. The normalized spacial score (nSPS) is 11.1. The average Bonchev–Trinajstić information content (AvgIpc) is 2.46. The van der Waals surface area contributed by atoms with Gasteiger partial charge in [-0.2, -0.15) is 0 Å². The van der Waals surface area contributed by atoms with E-state index in [0.717, 1.165) is 6.42 Å². The van der Waals surface area contributed by atoms with Crippen LogP contribution < -0.4 is 9.46 Å². The van der Waals surface area contributed by atoms with Gasteiger partial charge in [0.25, 0.3) is 10.0 Å². The Morgan fingerprint density at radius 1 is 1.14 bits per heavy atom. The molecule has 0 heterocycles. The minimum Gasteiger partial charge on any atom is -0.494 e. The summed E-state index contributed by atoms with van der Waals surface area (Å²) >= 11 is 5.81. The molecular formula is C15H16ClNO3S. The molecule has 2 rings (SSSR count). The molecule has 0 atom stereocenters. The monoisotopic (exact) mass is 325 g/mol. The van der Waals surface area contributed by atoms with Crippen LogP contribution in [-0.2, 0) is 10.0 Å². The molecule has 0 saturated carbocycles. The molecule has 0 radical (unpaired) electrons. The Hall–Kier alpha value is -1.72. The molecule has 4 nitrogen and oxygen atoms in total. The summed E-state index contributed by atoms with van der Waals surface area (Å²) in [6.45, 7) is 2.65. The molecule has 0 aliphatic heterocycles. The van der Waals surface area contributed by atoms with E-state index in [9.17, 15) is 8.42 Å². The van der Waals surface area contributed by atoms with Crippen LogP contribution in [-0.4, -0.2) is 15.0 Å². The third kappa shape index (κ3) is 4.37. The maximum Gasteiger partial charge on any atom is 0.261 e. The molecule has 0 aliphatic rings. The van der Waals surface area contributed by atoms with E-state index >= 15 is 0 Å². The molecule has 0 fully saturated rings. The summed E-state index contributed by atoms with van der Waals surface area (Å²) < 4.78 is 32.4. The first kappa shape index (κ1) is 15.7. The highest BCUT2D eigenvalue weighted by Crippen LogP contribution is 2.21. The van der Waals surface area contributed by atoms with Crippen LogP contribution in [0.5, 0.6) is 5.75 Å². The van der Waals surface area contributed by atoms with Crippen LogP contribution in [0.25, 0.3) is 0 Å². The van der Waals surface area contributed by atoms with E-state index in [1.54, 1.807) is 36.4 Å². The van der Waals surface area contributed by atoms with Gasteiger partial charge in [0.1, 0.15) is 5.75 Å². The quantitative estimate of drug-likeness (QED) is 0.875. The summed E-state index contributed by atoms with van der Waals surface area (Å²) in [6.07, 6.45) is 0.920. The lowest BCUT2D eigenvalue weighted by atomic mass is 10.3. The van der Waals surface area contributed by atoms with Gasteiger partial charge in [0, 0.05) is 10.7 Å². The minimum atomic E-state index is -3.64. The molecule has 2 aromatic rings. The van der Waals surface area contributed by atoms with Crippen molar-refractivity contribution in [2.24, 2.45) is 0 Å². The molecule has 0 spiro atoms. The lowest BCUT2D eigenvalue weighted by molar-refractivity contribution is 0.317. The van der Waals surface area contributed by atoms with Crippen LogP contribution in [0.4, 0.5) is 5.69 Å². The van der Waals surface area contributed by atoms with Gasteiger partial charge in [-0.05, 0) is 48.9 Å². The zero-order valence-electron chi connectivity index (χ0n) is 11.5. The van der Waals surface area contributed by atoms with Gasteiger partial charge >= 0.3 is 0 Å². The van der Waals surface area contributed by atoms with Crippen LogP contribution >= 0.6 is 11.6 Å². The first-order valence-corrected chi connectivity index (χ1v) is 8.38. The fourth-order valence-corrected chi connectivity index (χ4v) is 3.05. The summed E-state index contributed by atoms with van der Waals surface area (Å²) in [4.78, 5) is 0.126. The van der Waals surface area contributed by atoms with Crippen LogP contribution in [0.15, 0.2) is 53.4 Å². The van der Waals surface area contributed by atoms with E-state index < -0.39 is 10.0 Å². The van der Waals surface area contributed by atoms with Crippen molar-refractivity contribution in [3.63, 3.8) is 0 Å². The highest BCUT2D eigenvalue weighted by Gasteiger charge is 2.14. The second-order valence-corrected chi connectivity index (χ2v) is 6.55. The number of hydrogen-bond acceptors (Lipinski definition) is 3. The van der Waals surface area contributed by atoms with Crippen LogP contribution in [0.3, 0.4) is 0 Å². The van der Waals surface area contributed by atoms with Gasteiger partial charge in [0.15, 0.2) is 0 Å². The SMILES string of the molecule is CCCOc1ccc(NS(=O)(=O)c2cccc(Cl)c2)cc1. The zero-order chi connectivity index (χ0) is 15.3. The van der Waals surface area contributed by atoms with E-state index in [1.165, 1.54) is 12.1 Å². The van der Waals surface area contributed by atoms with Crippen molar-refractivity contribution in [3.8, 4) is 5.75 Å². The molecule has 112 valence electrons. The Labute approximate surface area is 129 Å². The fraction of sp³-hybridized carbons (Fsp3) is 0.200. The van der Waals surface area contributed by atoms with Crippen LogP contribution in [0.2, 0.25) is 5.02 Å². The largest absolute Gasteiger partial charge is 0.494 e. The third-order valence-electron chi connectivity index (χ3n) is 2.69. The van der Waals surface area contributed by atoms with E-state index in [2.05, 4.69) is 4.72 Å². The maximum atomic E-state index is 12.2. The molecule has 21 heavy (non-hydrogen) atoms. The van der Waals surface area contributed by atoms with Crippen molar-refractivity contribution in [3.05, 3.63) is 53.6 Å². The fourth-order valence-electron chi connectivity index (χ4n) is 1.69. The molecule has 6 heteroatoms. The molecule has 0 bridgehead atoms. The third-order valence-corrected chi connectivity index (χ3v) is 4.30. The Morgan fingerprint density at radius 2 is 1.86 bits per heavy atom. The van der Waals surface area contributed by atoms with Gasteiger partial charge in [-0.25, -0.2) is 8.42 Å². The Morgan fingerprint density at radius 3 is 2.48 bits per heavy atom. The second-order valence-electron chi connectivity index (χ2n) is 4.44. The predicted molar refractivity (Wildman–Crippen MR) is 84.5 cm³/mol. The molecule has 0 amide bonds. The van der Waals surface area contributed by atoms with E-state index in [0.29, 0.717) is 23.1 Å². The number of hydrogen-bond donors (Lipinski definition) is 1. The smallest absolute Gasteiger partial charge is 0.261 e. The highest BCUT2D eigenvalue weighted by molar-refractivity contribution is 7.92. The topological polar surface area (TPSA) is 55.4 Å². The number of ether oxygens (including phenoxy) is 1. The summed E-state index contributed by atoms with van der Waals surface area (Å²) in [6, 6.07) is 12.9. The number of benzene rings is 2. The van der Waals surface area contributed by atoms with Crippen LogP contribution in [0, 0.1) is 0 Å². The van der Waals surface area contributed by atoms with Gasteiger partial charge in [0.05, 0.1) is 11.5 Å². The summed E-state index contributed by atoms with van der Waals surface area (Å²) in [5.74, 6) is 0.711. The lowest BCUT2D eigenvalue weighted by Crippen LogP contribution is -2.12. The number of halogens is 1. The molecule has 1 N–H and O–H groups in total. The van der Waals surface area contributed by atoms with Crippen molar-refractivity contribution in [2.75, 3.05) is 11.3 Å².